The summed E-state index contributed by atoms with van der Waals surface area (Å²) in [5, 5.41) is 0. The topological polar surface area (TPSA) is 72.0 Å². The van der Waals surface area contributed by atoms with E-state index in [0.29, 0.717) is 11.1 Å². The van der Waals surface area contributed by atoms with Gasteiger partial charge in [-0.05, 0) is 53.6 Å². The lowest BCUT2D eigenvalue weighted by atomic mass is 9.96. The molecule has 4 heteroatoms. The Labute approximate surface area is 121 Å². The first-order valence-corrected chi connectivity index (χ1v) is 7.21. The lowest BCUT2D eigenvalue weighted by Gasteiger charge is -2.14. The highest BCUT2D eigenvalue weighted by Gasteiger charge is 2.15. The van der Waals surface area contributed by atoms with Crippen LogP contribution in [0.1, 0.15) is 34.7 Å². The normalized spacial score (nSPS) is 15.3. The van der Waals surface area contributed by atoms with E-state index in [1.165, 1.54) is 24.0 Å². The van der Waals surface area contributed by atoms with E-state index >= 15 is 0 Å². The Kier molecular flexibility index (Phi) is 2.72. The smallest absolute Gasteiger partial charge is 0.408 e. The Morgan fingerprint density at radius 2 is 1.81 bits per heavy atom. The molecule has 0 fully saturated rings. The molecule has 1 heterocycles. The molecule has 4 nitrogen and oxygen atoms in total. The number of H-pyrrole nitrogens is 1. The van der Waals surface area contributed by atoms with E-state index in [1.807, 2.05) is 18.2 Å². The van der Waals surface area contributed by atoms with Crippen molar-refractivity contribution in [2.75, 3.05) is 0 Å². The lowest BCUT2D eigenvalue weighted by Crippen LogP contribution is -2.12. The van der Waals surface area contributed by atoms with Gasteiger partial charge in [0.2, 0.25) is 0 Å². The summed E-state index contributed by atoms with van der Waals surface area (Å²) < 4.78 is 5.10. The molecule has 3 N–H and O–H groups in total. The summed E-state index contributed by atoms with van der Waals surface area (Å²) in [6.07, 6.45) is 3.54. The summed E-state index contributed by atoms with van der Waals surface area (Å²) in [5.74, 6) is -0.437. The molecule has 106 valence electrons. The Morgan fingerprint density at radius 3 is 2.71 bits per heavy atom. The Bertz CT molecular complexity index is 876. The fourth-order valence-corrected chi connectivity index (χ4v) is 3.13. The summed E-state index contributed by atoms with van der Waals surface area (Å²) in [5.41, 5.74) is 12.5. The maximum Gasteiger partial charge on any atom is 0.417 e. The molecule has 21 heavy (non-hydrogen) atoms. The SMILES string of the molecule is NC(c1ccc2c(c1)CCC2)c1ccc2[nH]c(=O)oc2c1. The number of oxazole rings is 1. The molecule has 1 unspecified atom stereocenters. The Hall–Kier alpha value is -2.33. The van der Waals surface area contributed by atoms with Crippen LogP contribution in [0.15, 0.2) is 45.6 Å². The van der Waals surface area contributed by atoms with Crippen LogP contribution in [0.25, 0.3) is 11.1 Å². The van der Waals surface area contributed by atoms with Gasteiger partial charge >= 0.3 is 5.76 Å². The summed E-state index contributed by atoms with van der Waals surface area (Å²) in [6.45, 7) is 0. The minimum Gasteiger partial charge on any atom is -0.408 e. The standard InChI is InChI=1S/C17H16N2O2/c18-16(12-5-4-10-2-1-3-11(10)8-12)13-6-7-14-15(9-13)21-17(20)19-14/h4-9,16H,1-3,18H2,(H,19,20). The first kappa shape index (κ1) is 12.4. The highest BCUT2D eigenvalue weighted by atomic mass is 16.4. The van der Waals surface area contributed by atoms with Gasteiger partial charge in [0.25, 0.3) is 0 Å². The number of nitrogens with one attached hydrogen (secondary N) is 1. The number of rotatable bonds is 2. The quantitative estimate of drug-likeness (QED) is 0.758. The van der Waals surface area contributed by atoms with E-state index in [4.69, 9.17) is 10.2 Å². The van der Waals surface area contributed by atoms with Crippen molar-refractivity contribution >= 4 is 11.1 Å². The second-order valence-corrected chi connectivity index (χ2v) is 5.63. The van der Waals surface area contributed by atoms with Crippen molar-refractivity contribution in [1.82, 2.24) is 4.98 Å². The van der Waals surface area contributed by atoms with Gasteiger partial charge in [-0.15, -0.1) is 0 Å². The number of hydrogen-bond acceptors (Lipinski definition) is 3. The number of aromatic amines is 1. The van der Waals surface area contributed by atoms with Crippen molar-refractivity contribution < 1.29 is 4.42 Å². The van der Waals surface area contributed by atoms with Crippen LogP contribution in [0.4, 0.5) is 0 Å². The van der Waals surface area contributed by atoms with E-state index in [-0.39, 0.29) is 6.04 Å². The van der Waals surface area contributed by atoms with Crippen molar-refractivity contribution in [1.29, 1.82) is 0 Å². The lowest BCUT2D eigenvalue weighted by molar-refractivity contribution is 0.555. The van der Waals surface area contributed by atoms with E-state index in [1.54, 1.807) is 0 Å². The molecule has 0 saturated heterocycles. The molecule has 3 aromatic rings. The van der Waals surface area contributed by atoms with Crippen LogP contribution in [0.5, 0.6) is 0 Å². The van der Waals surface area contributed by atoms with Crippen LogP contribution in [0.3, 0.4) is 0 Å². The molecular weight excluding hydrogens is 264 g/mol. The van der Waals surface area contributed by atoms with Gasteiger partial charge < -0.3 is 10.2 Å². The average molecular weight is 280 g/mol. The molecule has 1 aliphatic rings. The fraction of sp³-hybridized carbons (Fsp3) is 0.235. The minimum atomic E-state index is -0.437. The number of aryl methyl sites for hydroxylation is 2. The number of aromatic nitrogens is 1. The van der Waals surface area contributed by atoms with Gasteiger partial charge in [0.1, 0.15) is 0 Å². The summed E-state index contributed by atoms with van der Waals surface area (Å²) in [4.78, 5) is 13.8. The highest BCUT2D eigenvalue weighted by molar-refractivity contribution is 5.73. The van der Waals surface area contributed by atoms with Crippen molar-refractivity contribution in [3.05, 3.63) is 69.2 Å². The third-order valence-electron chi connectivity index (χ3n) is 4.29. The zero-order valence-electron chi connectivity index (χ0n) is 11.6. The molecular formula is C17H16N2O2. The van der Waals surface area contributed by atoms with Crippen LogP contribution in [-0.2, 0) is 12.8 Å². The third kappa shape index (κ3) is 2.08. The van der Waals surface area contributed by atoms with Crippen molar-refractivity contribution in [3.63, 3.8) is 0 Å². The predicted molar refractivity (Wildman–Crippen MR) is 81.3 cm³/mol. The van der Waals surface area contributed by atoms with Crippen LogP contribution < -0.4 is 11.5 Å². The monoisotopic (exact) mass is 280 g/mol. The number of fused-ring (bicyclic) bond motifs is 2. The highest BCUT2D eigenvalue weighted by Crippen LogP contribution is 2.28. The number of hydrogen-bond donors (Lipinski definition) is 2. The van der Waals surface area contributed by atoms with Gasteiger partial charge in [-0.3, -0.25) is 4.98 Å². The number of benzene rings is 2. The van der Waals surface area contributed by atoms with Gasteiger partial charge in [0.15, 0.2) is 5.58 Å². The second kappa shape index (κ2) is 4.60. The van der Waals surface area contributed by atoms with Crippen LogP contribution >= 0.6 is 0 Å². The predicted octanol–water partition coefficient (Wildman–Crippen LogP) is 2.66. The van der Waals surface area contributed by atoms with E-state index < -0.39 is 5.76 Å². The van der Waals surface area contributed by atoms with Gasteiger partial charge in [-0.25, -0.2) is 4.79 Å². The molecule has 0 radical (unpaired) electrons. The van der Waals surface area contributed by atoms with Crippen LogP contribution in [0, 0.1) is 0 Å². The first-order chi connectivity index (χ1) is 10.2. The molecule has 1 aliphatic carbocycles. The molecule has 4 rings (SSSR count). The molecule has 1 aromatic heterocycles. The van der Waals surface area contributed by atoms with Gasteiger partial charge in [-0.2, -0.15) is 0 Å². The molecule has 0 aliphatic heterocycles. The second-order valence-electron chi connectivity index (χ2n) is 5.63. The summed E-state index contributed by atoms with van der Waals surface area (Å²) in [7, 11) is 0. The minimum absolute atomic E-state index is 0.208. The summed E-state index contributed by atoms with van der Waals surface area (Å²) in [6, 6.07) is 11.9. The third-order valence-corrected chi connectivity index (χ3v) is 4.29. The van der Waals surface area contributed by atoms with E-state index in [2.05, 4.69) is 23.2 Å². The molecule has 0 amide bonds. The van der Waals surface area contributed by atoms with Crippen molar-refractivity contribution in [3.8, 4) is 0 Å². The van der Waals surface area contributed by atoms with Crippen LogP contribution in [-0.4, -0.2) is 4.98 Å². The molecule has 0 bridgehead atoms. The maximum atomic E-state index is 11.2. The van der Waals surface area contributed by atoms with Gasteiger partial charge in [0.05, 0.1) is 11.6 Å². The number of nitrogens with two attached hydrogens (primary N) is 1. The van der Waals surface area contributed by atoms with E-state index in [0.717, 1.165) is 17.5 Å². The fourth-order valence-electron chi connectivity index (χ4n) is 3.13. The molecule has 2 aromatic carbocycles. The largest absolute Gasteiger partial charge is 0.417 e. The Balaban J connectivity index is 1.75. The summed E-state index contributed by atoms with van der Waals surface area (Å²) >= 11 is 0. The maximum absolute atomic E-state index is 11.2. The van der Waals surface area contributed by atoms with Crippen molar-refractivity contribution in [2.45, 2.75) is 25.3 Å². The van der Waals surface area contributed by atoms with Gasteiger partial charge in [-0.1, -0.05) is 24.3 Å². The van der Waals surface area contributed by atoms with Crippen molar-refractivity contribution in [2.24, 2.45) is 5.73 Å². The average Bonchev–Trinajstić information content (AvgIpc) is 3.09. The first-order valence-electron chi connectivity index (χ1n) is 7.21. The molecule has 0 saturated carbocycles. The van der Waals surface area contributed by atoms with Gasteiger partial charge in [0, 0.05) is 0 Å². The zero-order valence-corrected chi connectivity index (χ0v) is 11.6. The Morgan fingerprint density at radius 1 is 1.05 bits per heavy atom. The van der Waals surface area contributed by atoms with E-state index in [9.17, 15) is 4.79 Å². The molecule has 0 spiro atoms. The van der Waals surface area contributed by atoms with Crippen LogP contribution in [0.2, 0.25) is 0 Å². The molecule has 1 atom stereocenters. The zero-order chi connectivity index (χ0) is 14.4.